The Bertz CT molecular complexity index is 3180. The van der Waals surface area contributed by atoms with Crippen LogP contribution in [0.1, 0.15) is 22.3 Å². The summed E-state index contributed by atoms with van der Waals surface area (Å²) in [6.45, 7) is 0. The number of hydrogen-bond acceptors (Lipinski definition) is 1. The van der Waals surface area contributed by atoms with Crippen molar-refractivity contribution >= 4 is 38.6 Å². The van der Waals surface area contributed by atoms with E-state index in [9.17, 15) is 0 Å². The van der Waals surface area contributed by atoms with Gasteiger partial charge in [0.1, 0.15) is 0 Å². The largest absolute Gasteiger partial charge is 0.310 e. The van der Waals surface area contributed by atoms with Gasteiger partial charge in [0.15, 0.2) is 0 Å². The molecule has 0 bridgehead atoms. The predicted octanol–water partition coefficient (Wildman–Crippen LogP) is 15.1. The zero-order valence-electron chi connectivity index (χ0n) is 31.8. The molecule has 0 saturated heterocycles. The fourth-order valence-electron chi connectivity index (χ4n) is 10.3. The number of anilines is 3. The van der Waals surface area contributed by atoms with Crippen LogP contribution in [0.5, 0.6) is 0 Å². The fourth-order valence-corrected chi connectivity index (χ4v) is 10.3. The summed E-state index contributed by atoms with van der Waals surface area (Å²) in [5.41, 5.74) is 18.3. The van der Waals surface area contributed by atoms with Crippen molar-refractivity contribution in [2.45, 2.75) is 5.41 Å². The van der Waals surface area contributed by atoms with Crippen LogP contribution in [0.3, 0.4) is 0 Å². The highest BCUT2D eigenvalue weighted by Gasteiger charge is 2.51. The lowest BCUT2D eigenvalue weighted by molar-refractivity contribution is 0.793. The zero-order chi connectivity index (χ0) is 38.2. The first-order valence-electron chi connectivity index (χ1n) is 20.2. The van der Waals surface area contributed by atoms with Crippen molar-refractivity contribution in [2.24, 2.45) is 0 Å². The van der Waals surface area contributed by atoms with Crippen LogP contribution in [0.2, 0.25) is 0 Å². The first-order valence-corrected chi connectivity index (χ1v) is 20.2. The van der Waals surface area contributed by atoms with Gasteiger partial charge in [-0.2, -0.15) is 0 Å². The Labute approximate surface area is 338 Å². The quantitative estimate of drug-likeness (QED) is 0.170. The molecule has 0 amide bonds. The summed E-state index contributed by atoms with van der Waals surface area (Å²) in [7, 11) is 0. The molecule has 1 spiro atoms. The molecule has 10 aromatic carbocycles. The van der Waals surface area contributed by atoms with Crippen molar-refractivity contribution in [1.29, 1.82) is 0 Å². The van der Waals surface area contributed by atoms with Crippen molar-refractivity contribution in [2.75, 3.05) is 4.90 Å². The summed E-state index contributed by atoms with van der Waals surface area (Å²) >= 11 is 0. The maximum atomic E-state index is 2.51. The average molecular weight is 736 g/mol. The molecule has 270 valence electrons. The third-order valence-electron chi connectivity index (χ3n) is 12.7. The first kappa shape index (κ1) is 32.7. The van der Waals surface area contributed by atoms with E-state index in [1.54, 1.807) is 0 Å². The average Bonchev–Trinajstić information content (AvgIpc) is 3.76. The van der Waals surface area contributed by atoms with E-state index in [0.29, 0.717) is 0 Å². The predicted molar refractivity (Wildman–Crippen MR) is 243 cm³/mol. The van der Waals surface area contributed by atoms with Gasteiger partial charge in [-0.25, -0.2) is 0 Å². The van der Waals surface area contributed by atoms with Crippen LogP contribution in [0.25, 0.3) is 66.1 Å². The maximum Gasteiger partial charge on any atom is 0.0726 e. The van der Waals surface area contributed by atoms with Crippen molar-refractivity contribution in [3.63, 3.8) is 0 Å². The highest BCUT2D eigenvalue weighted by molar-refractivity contribution is 6.11. The van der Waals surface area contributed by atoms with E-state index < -0.39 is 5.41 Å². The lowest BCUT2D eigenvalue weighted by atomic mass is 9.70. The van der Waals surface area contributed by atoms with Crippen molar-refractivity contribution < 1.29 is 0 Å². The summed E-state index contributed by atoms with van der Waals surface area (Å²) < 4.78 is 0. The highest BCUT2D eigenvalue weighted by atomic mass is 15.1. The molecule has 0 fully saturated rings. The zero-order valence-corrected chi connectivity index (χ0v) is 31.8. The maximum absolute atomic E-state index is 2.51. The van der Waals surface area contributed by atoms with Gasteiger partial charge >= 0.3 is 0 Å². The Morgan fingerprint density at radius 1 is 0.293 bits per heavy atom. The second kappa shape index (κ2) is 12.8. The molecular weight excluding hydrogens is 699 g/mol. The summed E-state index contributed by atoms with van der Waals surface area (Å²) in [5.74, 6) is 0. The highest BCUT2D eigenvalue weighted by Crippen LogP contribution is 2.63. The SMILES string of the molecule is c1ccc(-c2cccc(N(c3ccc4c(c3)C3(c5ccccc5-c5ccccc53)c3ccccc3-4)c3ccc4ccccc4c3-c3cccc4ccccc34)c2)cc1. The monoisotopic (exact) mass is 735 g/mol. The molecule has 10 aromatic rings. The molecule has 0 N–H and O–H groups in total. The molecule has 0 saturated carbocycles. The van der Waals surface area contributed by atoms with Gasteiger partial charge < -0.3 is 4.90 Å². The van der Waals surface area contributed by atoms with Crippen LogP contribution in [0.4, 0.5) is 17.1 Å². The van der Waals surface area contributed by atoms with E-state index in [-0.39, 0.29) is 0 Å². The van der Waals surface area contributed by atoms with Gasteiger partial charge in [0.25, 0.3) is 0 Å². The second-order valence-corrected chi connectivity index (χ2v) is 15.6. The number of benzene rings is 10. The molecule has 0 radical (unpaired) electrons. The molecule has 2 aliphatic carbocycles. The van der Waals surface area contributed by atoms with E-state index >= 15 is 0 Å². The number of hydrogen-bond donors (Lipinski definition) is 0. The van der Waals surface area contributed by atoms with E-state index in [2.05, 4.69) is 229 Å². The van der Waals surface area contributed by atoms with Gasteiger partial charge in [-0.05, 0) is 113 Å². The topological polar surface area (TPSA) is 3.24 Å². The third-order valence-corrected chi connectivity index (χ3v) is 12.7. The molecule has 58 heavy (non-hydrogen) atoms. The minimum atomic E-state index is -0.450. The summed E-state index contributed by atoms with van der Waals surface area (Å²) in [6.07, 6.45) is 0. The van der Waals surface area contributed by atoms with E-state index in [1.165, 1.54) is 88.3 Å². The number of nitrogens with zero attached hydrogens (tertiary/aromatic N) is 1. The fraction of sp³-hybridized carbons (Fsp3) is 0.0175. The van der Waals surface area contributed by atoms with Gasteiger partial charge in [0.2, 0.25) is 0 Å². The Balaban J connectivity index is 1.18. The van der Waals surface area contributed by atoms with Crippen LogP contribution in [0.15, 0.2) is 224 Å². The molecule has 0 aliphatic heterocycles. The molecule has 0 atom stereocenters. The van der Waals surface area contributed by atoms with Crippen molar-refractivity contribution in [1.82, 2.24) is 0 Å². The van der Waals surface area contributed by atoms with Gasteiger partial charge in [0, 0.05) is 16.9 Å². The van der Waals surface area contributed by atoms with Gasteiger partial charge in [-0.15, -0.1) is 0 Å². The summed E-state index contributed by atoms with van der Waals surface area (Å²) in [5, 5.41) is 4.91. The molecule has 1 nitrogen and oxygen atoms in total. The van der Waals surface area contributed by atoms with Crippen LogP contribution in [-0.2, 0) is 5.41 Å². The van der Waals surface area contributed by atoms with Gasteiger partial charge in [0.05, 0.1) is 11.1 Å². The molecule has 12 rings (SSSR count). The Morgan fingerprint density at radius 2 is 0.793 bits per heavy atom. The molecule has 1 heteroatoms. The molecular formula is C57H37N. The Morgan fingerprint density at radius 3 is 1.50 bits per heavy atom. The minimum Gasteiger partial charge on any atom is -0.310 e. The Hall–Kier alpha value is -7.48. The first-order chi connectivity index (χ1) is 28.8. The number of fused-ring (bicyclic) bond motifs is 12. The molecule has 0 heterocycles. The van der Waals surface area contributed by atoms with Crippen LogP contribution in [-0.4, -0.2) is 0 Å². The van der Waals surface area contributed by atoms with Crippen LogP contribution >= 0.6 is 0 Å². The van der Waals surface area contributed by atoms with Crippen LogP contribution < -0.4 is 4.90 Å². The molecule has 0 unspecified atom stereocenters. The Kier molecular flexibility index (Phi) is 7.21. The van der Waals surface area contributed by atoms with Gasteiger partial charge in [-0.3, -0.25) is 0 Å². The van der Waals surface area contributed by atoms with Gasteiger partial charge in [-0.1, -0.05) is 194 Å². The summed E-state index contributed by atoms with van der Waals surface area (Å²) in [4.78, 5) is 2.51. The molecule has 0 aromatic heterocycles. The van der Waals surface area contributed by atoms with E-state index in [1.807, 2.05) is 0 Å². The minimum absolute atomic E-state index is 0.450. The van der Waals surface area contributed by atoms with Crippen molar-refractivity contribution in [3.8, 4) is 44.5 Å². The number of rotatable bonds is 5. The normalized spacial score (nSPS) is 13.0. The second-order valence-electron chi connectivity index (χ2n) is 15.6. The standard InChI is InChI=1S/C57H37N/c1-2-16-38(17-3-1)41-21-14-22-42(36-41)58(55-35-32-40-19-5-7-24-45(40)56(55)50-28-15-20-39-18-4-6-23-44(39)50)43-33-34-49-48-27-10-13-31-53(48)57(54(49)37-43)51-29-11-8-25-46(51)47-26-9-12-30-52(47)57/h1-37H. The lowest BCUT2D eigenvalue weighted by Gasteiger charge is -2.33. The van der Waals surface area contributed by atoms with E-state index in [4.69, 9.17) is 0 Å². The smallest absolute Gasteiger partial charge is 0.0726 e. The third kappa shape index (κ3) is 4.65. The van der Waals surface area contributed by atoms with Crippen LogP contribution in [0, 0.1) is 0 Å². The molecule has 2 aliphatic rings. The van der Waals surface area contributed by atoms with Crippen molar-refractivity contribution in [3.05, 3.63) is 247 Å². The van der Waals surface area contributed by atoms with E-state index in [0.717, 1.165) is 17.1 Å². The lowest BCUT2D eigenvalue weighted by Crippen LogP contribution is -2.26. The summed E-state index contributed by atoms with van der Waals surface area (Å²) in [6, 6.07) is 83.2.